The first-order valence-corrected chi connectivity index (χ1v) is 6.79. The summed E-state index contributed by atoms with van der Waals surface area (Å²) >= 11 is 7.74. The summed E-state index contributed by atoms with van der Waals surface area (Å²) in [4.78, 5) is 8.27. The van der Waals surface area contributed by atoms with Crippen LogP contribution in [0.4, 0.5) is 0 Å². The fraction of sp³-hybridized carbons (Fsp3) is 0.231. The minimum absolute atomic E-state index is 0.634. The second kappa shape index (κ2) is 6.07. The number of ether oxygens (including phenoxy) is 1. The number of halogens is 1. The van der Waals surface area contributed by atoms with Gasteiger partial charge in [-0.2, -0.15) is 0 Å². The molecule has 0 bridgehead atoms. The topological polar surface area (TPSA) is 35.0 Å². The molecule has 5 heteroatoms. The lowest BCUT2D eigenvalue weighted by Crippen LogP contribution is -1.88. The van der Waals surface area contributed by atoms with Crippen LogP contribution in [0.25, 0.3) is 0 Å². The largest absolute Gasteiger partial charge is 0.495 e. The second-order valence-electron chi connectivity index (χ2n) is 3.76. The molecule has 0 saturated heterocycles. The van der Waals surface area contributed by atoms with Crippen LogP contribution in [-0.4, -0.2) is 17.1 Å². The van der Waals surface area contributed by atoms with Crippen LogP contribution in [0.5, 0.6) is 5.75 Å². The molecule has 2 aromatic rings. The van der Waals surface area contributed by atoms with Crippen molar-refractivity contribution in [3.05, 3.63) is 46.9 Å². The van der Waals surface area contributed by atoms with Crippen molar-refractivity contribution >= 4 is 23.4 Å². The van der Waals surface area contributed by atoms with Crippen LogP contribution in [0.1, 0.15) is 11.3 Å². The minimum Gasteiger partial charge on any atom is -0.495 e. The maximum Gasteiger partial charge on any atom is 0.137 e. The molecule has 0 unspecified atom stereocenters. The molecule has 0 N–H and O–H groups in total. The Bertz CT molecular complexity index is 548. The maximum atomic E-state index is 6.08. The molecule has 0 saturated carbocycles. The molecule has 0 aliphatic rings. The molecule has 0 fully saturated rings. The summed E-state index contributed by atoms with van der Waals surface area (Å²) in [5.41, 5.74) is 2.11. The van der Waals surface area contributed by atoms with E-state index in [1.807, 2.05) is 31.2 Å². The van der Waals surface area contributed by atoms with Gasteiger partial charge in [0.2, 0.25) is 0 Å². The molecule has 0 aliphatic carbocycles. The van der Waals surface area contributed by atoms with Crippen molar-refractivity contribution in [3.8, 4) is 5.75 Å². The molecule has 1 aromatic heterocycles. The van der Waals surface area contributed by atoms with Crippen LogP contribution in [0.3, 0.4) is 0 Å². The van der Waals surface area contributed by atoms with E-state index in [1.54, 1.807) is 25.2 Å². The van der Waals surface area contributed by atoms with Gasteiger partial charge in [0.1, 0.15) is 12.1 Å². The van der Waals surface area contributed by atoms with Crippen LogP contribution in [-0.2, 0) is 5.75 Å². The highest BCUT2D eigenvalue weighted by Gasteiger charge is 2.03. The summed E-state index contributed by atoms with van der Waals surface area (Å²) in [6.07, 6.45) is 1.58. The van der Waals surface area contributed by atoms with Gasteiger partial charge in [0.25, 0.3) is 0 Å². The average molecular weight is 281 g/mol. The third-order valence-corrected chi connectivity index (χ3v) is 3.67. The van der Waals surface area contributed by atoms with Gasteiger partial charge in [-0.05, 0) is 30.7 Å². The molecule has 0 spiro atoms. The number of benzene rings is 1. The molecule has 18 heavy (non-hydrogen) atoms. The summed E-state index contributed by atoms with van der Waals surface area (Å²) in [5.74, 6) is 1.52. The lowest BCUT2D eigenvalue weighted by Gasteiger charge is -2.06. The van der Waals surface area contributed by atoms with Crippen molar-refractivity contribution < 1.29 is 4.74 Å². The van der Waals surface area contributed by atoms with Crippen LogP contribution in [0.2, 0.25) is 5.02 Å². The van der Waals surface area contributed by atoms with Crippen molar-refractivity contribution in [2.75, 3.05) is 7.11 Å². The molecule has 94 valence electrons. The van der Waals surface area contributed by atoms with Crippen LogP contribution in [0, 0.1) is 6.92 Å². The molecular formula is C13H13ClN2OS. The van der Waals surface area contributed by atoms with E-state index < -0.39 is 0 Å². The molecule has 3 nitrogen and oxygen atoms in total. The minimum atomic E-state index is 0.634. The fourth-order valence-electron chi connectivity index (χ4n) is 1.47. The average Bonchev–Trinajstić information content (AvgIpc) is 2.37. The van der Waals surface area contributed by atoms with Gasteiger partial charge in [-0.25, -0.2) is 9.97 Å². The number of methoxy groups -OCH3 is 1. The highest BCUT2D eigenvalue weighted by atomic mass is 35.5. The quantitative estimate of drug-likeness (QED) is 0.631. The zero-order valence-electron chi connectivity index (χ0n) is 10.2. The summed E-state index contributed by atoms with van der Waals surface area (Å²) in [7, 11) is 1.61. The predicted molar refractivity (Wildman–Crippen MR) is 74.3 cm³/mol. The summed E-state index contributed by atoms with van der Waals surface area (Å²) in [6, 6.07) is 7.77. The van der Waals surface area contributed by atoms with E-state index in [1.165, 1.54) is 0 Å². The lowest BCUT2D eigenvalue weighted by molar-refractivity contribution is 0.415. The van der Waals surface area contributed by atoms with E-state index in [4.69, 9.17) is 16.3 Å². The third-order valence-electron chi connectivity index (χ3n) is 2.38. The molecule has 0 radical (unpaired) electrons. The first kappa shape index (κ1) is 13.2. The highest BCUT2D eigenvalue weighted by molar-refractivity contribution is 7.98. The first-order valence-electron chi connectivity index (χ1n) is 5.43. The normalized spacial score (nSPS) is 10.4. The van der Waals surface area contributed by atoms with E-state index in [0.717, 1.165) is 22.0 Å². The molecule has 0 aliphatic heterocycles. The Hall–Kier alpha value is -1.26. The number of nitrogens with zero attached hydrogens (tertiary/aromatic N) is 2. The Kier molecular flexibility index (Phi) is 4.44. The van der Waals surface area contributed by atoms with Gasteiger partial charge >= 0.3 is 0 Å². The van der Waals surface area contributed by atoms with Gasteiger partial charge in [-0.3, -0.25) is 0 Å². The smallest absolute Gasteiger partial charge is 0.137 e. The van der Waals surface area contributed by atoms with E-state index in [2.05, 4.69) is 9.97 Å². The standard InChI is InChI=1S/C13H13ClN2OS/c1-9-5-13(16-8-15-9)18-7-10-3-4-12(17-2)11(14)6-10/h3-6,8H,7H2,1-2H3. The Morgan fingerprint density at radius 2 is 2.11 bits per heavy atom. The van der Waals surface area contributed by atoms with Crippen LogP contribution >= 0.6 is 23.4 Å². The lowest BCUT2D eigenvalue weighted by atomic mass is 10.2. The summed E-state index contributed by atoms with van der Waals surface area (Å²) in [6.45, 7) is 1.95. The molecule has 1 aromatic carbocycles. The van der Waals surface area contributed by atoms with Crippen molar-refractivity contribution in [1.82, 2.24) is 9.97 Å². The van der Waals surface area contributed by atoms with Gasteiger partial charge in [0, 0.05) is 11.4 Å². The Morgan fingerprint density at radius 3 is 2.78 bits per heavy atom. The monoisotopic (exact) mass is 280 g/mol. The zero-order valence-corrected chi connectivity index (χ0v) is 11.8. The zero-order chi connectivity index (χ0) is 13.0. The SMILES string of the molecule is COc1ccc(CSc2cc(C)ncn2)cc1Cl. The van der Waals surface area contributed by atoms with Crippen LogP contribution in [0.15, 0.2) is 35.6 Å². The molecule has 0 atom stereocenters. The molecular weight excluding hydrogens is 268 g/mol. The second-order valence-corrected chi connectivity index (χ2v) is 5.16. The number of aromatic nitrogens is 2. The van der Waals surface area contributed by atoms with Crippen molar-refractivity contribution in [1.29, 1.82) is 0 Å². The number of aryl methyl sites for hydroxylation is 1. The Labute approximate surface area is 116 Å². The number of hydrogen-bond donors (Lipinski definition) is 0. The Balaban J connectivity index is 2.04. The highest BCUT2D eigenvalue weighted by Crippen LogP contribution is 2.28. The van der Waals surface area contributed by atoms with Gasteiger partial charge in [0.05, 0.1) is 17.2 Å². The van der Waals surface area contributed by atoms with Gasteiger partial charge < -0.3 is 4.74 Å². The van der Waals surface area contributed by atoms with Gasteiger partial charge in [-0.15, -0.1) is 11.8 Å². The van der Waals surface area contributed by atoms with E-state index in [9.17, 15) is 0 Å². The third kappa shape index (κ3) is 3.37. The van der Waals surface area contributed by atoms with Crippen molar-refractivity contribution in [2.45, 2.75) is 17.7 Å². The fourth-order valence-corrected chi connectivity index (χ4v) is 2.62. The first-order chi connectivity index (χ1) is 8.69. The summed E-state index contributed by atoms with van der Waals surface area (Å²) < 4.78 is 5.12. The predicted octanol–water partition coefficient (Wildman–Crippen LogP) is 3.74. The van der Waals surface area contributed by atoms with Gasteiger partial charge in [0.15, 0.2) is 0 Å². The number of thioether (sulfide) groups is 1. The number of hydrogen-bond acceptors (Lipinski definition) is 4. The number of rotatable bonds is 4. The van der Waals surface area contributed by atoms with E-state index in [-0.39, 0.29) is 0 Å². The van der Waals surface area contributed by atoms with E-state index >= 15 is 0 Å². The van der Waals surface area contributed by atoms with Crippen molar-refractivity contribution in [3.63, 3.8) is 0 Å². The molecule has 0 amide bonds. The van der Waals surface area contributed by atoms with E-state index in [0.29, 0.717) is 10.8 Å². The summed E-state index contributed by atoms with van der Waals surface area (Å²) in [5, 5.41) is 1.60. The van der Waals surface area contributed by atoms with Gasteiger partial charge in [-0.1, -0.05) is 17.7 Å². The molecule has 1 heterocycles. The van der Waals surface area contributed by atoms with Crippen LogP contribution < -0.4 is 4.74 Å². The maximum absolute atomic E-state index is 6.08. The Morgan fingerprint density at radius 1 is 1.28 bits per heavy atom. The van der Waals surface area contributed by atoms with Crippen molar-refractivity contribution in [2.24, 2.45) is 0 Å². The molecule has 2 rings (SSSR count).